The van der Waals surface area contributed by atoms with E-state index < -0.39 is 25.0 Å². The van der Waals surface area contributed by atoms with Crippen molar-refractivity contribution in [2.75, 3.05) is 0 Å². The van der Waals surface area contributed by atoms with Gasteiger partial charge in [-0.25, -0.2) is 23.8 Å². The second kappa shape index (κ2) is 4.33. The summed E-state index contributed by atoms with van der Waals surface area (Å²) in [5.41, 5.74) is 0. The maximum atomic E-state index is 10.4. The van der Waals surface area contributed by atoms with Crippen molar-refractivity contribution < 1.29 is 16.8 Å². The van der Waals surface area contributed by atoms with Crippen molar-refractivity contribution in [3.63, 3.8) is 0 Å². The van der Waals surface area contributed by atoms with Crippen LogP contribution in [0.4, 0.5) is 0 Å². The van der Waals surface area contributed by atoms with Crippen molar-refractivity contribution in [2.24, 2.45) is 15.4 Å². The number of primary sulfonamides is 1. The van der Waals surface area contributed by atoms with E-state index in [1.807, 2.05) is 0 Å². The van der Waals surface area contributed by atoms with Crippen LogP contribution in [-0.2, 0) is 20.2 Å². The van der Waals surface area contributed by atoms with E-state index in [4.69, 9.17) is 5.14 Å². The Morgan fingerprint density at radius 3 is 0.923 bits per heavy atom. The van der Waals surface area contributed by atoms with E-state index in [9.17, 15) is 16.8 Å². The van der Waals surface area contributed by atoms with Gasteiger partial charge < -0.3 is 0 Å². The van der Waals surface area contributed by atoms with Crippen molar-refractivity contribution in [3.05, 3.63) is 0 Å². The summed E-state index contributed by atoms with van der Waals surface area (Å²) in [4.78, 5) is 0. The van der Waals surface area contributed by atoms with Crippen LogP contribution in [0.15, 0.2) is 0 Å². The quantitative estimate of drug-likeness (QED) is 0.454. The summed E-state index contributed by atoms with van der Waals surface area (Å²) in [5, 5.41) is 13.0. The second-order valence-corrected chi connectivity index (χ2v) is 6.74. The predicted octanol–water partition coefficient (Wildman–Crippen LogP) is -1.78. The van der Waals surface area contributed by atoms with Gasteiger partial charge >= 0.3 is 0 Å². The first-order chi connectivity index (χ1) is 5.25. The fourth-order valence-corrected chi connectivity index (χ4v) is 0. The van der Waals surface area contributed by atoms with Gasteiger partial charge in [0.1, 0.15) is 0 Å². The largest absolute Gasteiger partial charge is 0.271 e. The molecule has 0 amide bonds. The predicted molar refractivity (Wildman–Crippen MR) is 50.2 cm³/mol. The molecular formula is C4H15N3O4S2. The Morgan fingerprint density at radius 2 is 0.923 bits per heavy atom. The summed E-state index contributed by atoms with van der Waals surface area (Å²) in [6, 6.07) is 0. The van der Waals surface area contributed by atoms with Crippen molar-refractivity contribution >= 4 is 20.2 Å². The van der Waals surface area contributed by atoms with E-state index in [-0.39, 0.29) is 0 Å². The summed E-state index contributed by atoms with van der Waals surface area (Å²) in [6.45, 7) is 4.67. The third-order valence-corrected chi connectivity index (χ3v) is 2.56. The lowest BCUT2D eigenvalue weighted by molar-refractivity contribution is 0.562. The molecule has 0 aliphatic heterocycles. The molecule has 6 N–H and O–H groups in total. The second-order valence-electron chi connectivity index (χ2n) is 3.25. The number of hydrogen-bond donors (Lipinski definition) is 3. The molecule has 0 bridgehead atoms. The van der Waals surface area contributed by atoms with Gasteiger partial charge in [-0.1, -0.05) is 0 Å². The molecule has 0 aliphatic rings. The molecule has 0 spiro atoms. The van der Waals surface area contributed by atoms with Crippen LogP contribution in [0.5, 0.6) is 0 Å². The van der Waals surface area contributed by atoms with Crippen molar-refractivity contribution in [2.45, 2.75) is 25.5 Å². The minimum atomic E-state index is -3.67. The topological polar surface area (TPSA) is 146 Å². The fraction of sp³-hybridized carbons (Fsp3) is 1.00. The van der Waals surface area contributed by atoms with E-state index >= 15 is 0 Å². The lowest BCUT2D eigenvalue weighted by atomic mass is 10.3. The van der Waals surface area contributed by atoms with E-state index in [2.05, 4.69) is 10.3 Å². The zero-order chi connectivity index (χ0) is 11.5. The zero-order valence-electron chi connectivity index (χ0n) is 7.68. The highest BCUT2D eigenvalue weighted by Crippen LogP contribution is 2.09. The molecule has 0 aromatic carbocycles. The number of rotatable bonds is 0. The van der Waals surface area contributed by atoms with E-state index in [0.717, 1.165) is 0 Å². The Hall–Kier alpha value is -0.220. The van der Waals surface area contributed by atoms with E-state index in [1.165, 1.54) is 0 Å². The Bertz CT molecular complexity index is 328. The lowest BCUT2D eigenvalue weighted by Crippen LogP contribution is -2.34. The molecular weight excluding hydrogens is 218 g/mol. The van der Waals surface area contributed by atoms with E-state index in [0.29, 0.717) is 0 Å². The van der Waals surface area contributed by atoms with Gasteiger partial charge in [0, 0.05) is 0 Å². The van der Waals surface area contributed by atoms with Gasteiger partial charge in [-0.15, -0.1) is 0 Å². The molecule has 0 unspecified atom stereocenters. The minimum Gasteiger partial charge on any atom is -0.228 e. The average molecular weight is 233 g/mol. The molecule has 0 heterocycles. The monoisotopic (exact) mass is 233 g/mol. The van der Waals surface area contributed by atoms with Crippen LogP contribution in [-0.4, -0.2) is 21.6 Å². The van der Waals surface area contributed by atoms with Gasteiger partial charge in [0.05, 0.1) is 4.75 Å². The summed E-state index contributed by atoms with van der Waals surface area (Å²) in [7, 11) is -7.01. The highest BCUT2D eigenvalue weighted by atomic mass is 32.2. The summed E-state index contributed by atoms with van der Waals surface area (Å²) in [5.74, 6) is 0. The smallest absolute Gasteiger partial charge is 0.228 e. The highest BCUT2D eigenvalue weighted by Gasteiger charge is 2.23. The summed E-state index contributed by atoms with van der Waals surface area (Å²) >= 11 is 0. The number of nitrogens with two attached hydrogens (primary N) is 3. The molecule has 0 saturated heterocycles. The molecule has 0 rings (SSSR count). The Balaban J connectivity index is 0. The maximum Gasteiger partial charge on any atom is 0.271 e. The Kier molecular flexibility index (Phi) is 5.08. The number of sulfonamides is 1. The van der Waals surface area contributed by atoms with Crippen LogP contribution in [0.3, 0.4) is 0 Å². The zero-order valence-corrected chi connectivity index (χ0v) is 9.31. The van der Waals surface area contributed by atoms with Crippen LogP contribution in [0.1, 0.15) is 20.8 Å². The Labute approximate surface area is 78.5 Å². The molecule has 0 aromatic heterocycles. The van der Waals surface area contributed by atoms with Crippen LogP contribution >= 0.6 is 0 Å². The standard InChI is InChI=1S/C4H11NO2S.H4N2O2S/c1-4(2,3)8(5,6)7;1-5(2,3)4/h1-3H3,(H2,5,6,7);(H4,1,2,3,4). The fourth-order valence-electron chi connectivity index (χ4n) is 0. The average Bonchev–Trinajstić information content (AvgIpc) is 1.50. The van der Waals surface area contributed by atoms with Crippen LogP contribution in [0, 0.1) is 0 Å². The lowest BCUT2D eigenvalue weighted by Gasteiger charge is -2.13. The van der Waals surface area contributed by atoms with Crippen LogP contribution < -0.4 is 15.4 Å². The SMILES string of the molecule is CC(C)(C)S(N)(=O)=O.NS(N)(=O)=O. The highest BCUT2D eigenvalue weighted by molar-refractivity contribution is 7.90. The molecule has 0 radical (unpaired) electrons. The van der Waals surface area contributed by atoms with Gasteiger partial charge in [0.2, 0.25) is 10.0 Å². The van der Waals surface area contributed by atoms with Gasteiger partial charge in [-0.05, 0) is 20.8 Å². The molecule has 7 nitrogen and oxygen atoms in total. The molecule has 13 heavy (non-hydrogen) atoms. The van der Waals surface area contributed by atoms with Crippen molar-refractivity contribution in [1.82, 2.24) is 0 Å². The van der Waals surface area contributed by atoms with Crippen LogP contribution in [0.25, 0.3) is 0 Å². The first-order valence-corrected chi connectivity index (χ1v) is 6.23. The first kappa shape index (κ1) is 15.3. The van der Waals surface area contributed by atoms with Gasteiger partial charge in [0.15, 0.2) is 0 Å². The molecule has 0 atom stereocenters. The van der Waals surface area contributed by atoms with Crippen LogP contribution in [0.2, 0.25) is 0 Å². The van der Waals surface area contributed by atoms with E-state index in [1.54, 1.807) is 20.8 Å². The molecule has 0 saturated carbocycles. The summed E-state index contributed by atoms with van der Waals surface area (Å²) in [6.07, 6.45) is 0. The normalized spacial score (nSPS) is 13.1. The van der Waals surface area contributed by atoms with Gasteiger partial charge in [0.25, 0.3) is 10.2 Å². The third kappa shape index (κ3) is 14.6. The van der Waals surface area contributed by atoms with Crippen molar-refractivity contribution in [1.29, 1.82) is 0 Å². The number of hydrogen-bond acceptors (Lipinski definition) is 4. The summed E-state index contributed by atoms with van der Waals surface area (Å²) < 4.78 is 38.4. The maximum absolute atomic E-state index is 10.4. The molecule has 82 valence electrons. The first-order valence-electron chi connectivity index (χ1n) is 3.08. The third-order valence-electron chi connectivity index (χ3n) is 0.854. The molecule has 0 aromatic rings. The molecule has 0 fully saturated rings. The molecule has 9 heteroatoms. The van der Waals surface area contributed by atoms with Crippen molar-refractivity contribution in [3.8, 4) is 0 Å². The van der Waals surface area contributed by atoms with Gasteiger partial charge in [-0.2, -0.15) is 8.42 Å². The Morgan fingerprint density at radius 1 is 0.846 bits per heavy atom. The molecule has 0 aliphatic carbocycles. The minimum absolute atomic E-state index is 0.812. The van der Waals surface area contributed by atoms with Gasteiger partial charge in [-0.3, -0.25) is 0 Å².